The molecule has 0 bridgehead atoms. The van der Waals surface area contributed by atoms with E-state index in [0.29, 0.717) is 12.5 Å². The number of rotatable bonds is 1. The number of hydrogen-bond acceptors (Lipinski definition) is 4. The first kappa shape index (κ1) is 12.2. The van der Waals surface area contributed by atoms with Crippen molar-refractivity contribution < 1.29 is 4.79 Å². The molecule has 1 fully saturated rings. The van der Waals surface area contributed by atoms with E-state index < -0.39 is 0 Å². The van der Waals surface area contributed by atoms with Crippen molar-refractivity contribution >= 4 is 22.3 Å². The topological polar surface area (TPSA) is 33.2 Å². The molecule has 0 saturated carbocycles. The van der Waals surface area contributed by atoms with Crippen LogP contribution >= 0.6 is 11.3 Å². The second-order valence-corrected chi connectivity index (χ2v) is 6.66. The third-order valence-electron chi connectivity index (χ3n) is 4.38. The molecule has 2 aliphatic rings. The fourth-order valence-electron chi connectivity index (χ4n) is 2.98. The van der Waals surface area contributed by atoms with Gasteiger partial charge in [0.1, 0.15) is 5.69 Å². The quantitative estimate of drug-likeness (QED) is 0.780. The van der Waals surface area contributed by atoms with Crippen LogP contribution in [0.2, 0.25) is 0 Å². The minimum absolute atomic E-state index is 0.247. The zero-order valence-corrected chi connectivity index (χ0v) is 11.9. The number of hydrogen-bond donors (Lipinski definition) is 0. The van der Waals surface area contributed by atoms with Gasteiger partial charge in [-0.05, 0) is 38.5 Å². The normalized spacial score (nSPS) is 28.3. The van der Waals surface area contributed by atoms with Crippen molar-refractivity contribution in [1.82, 2.24) is 4.98 Å². The Morgan fingerprint density at radius 1 is 1.28 bits per heavy atom. The van der Waals surface area contributed by atoms with Crippen LogP contribution in [0.5, 0.6) is 0 Å². The average molecular weight is 264 g/mol. The lowest BCUT2D eigenvalue weighted by Gasteiger charge is -2.37. The van der Waals surface area contributed by atoms with E-state index in [0.717, 1.165) is 36.1 Å². The first-order valence-electron chi connectivity index (χ1n) is 6.96. The van der Waals surface area contributed by atoms with Crippen LogP contribution < -0.4 is 4.90 Å². The van der Waals surface area contributed by atoms with Gasteiger partial charge in [-0.15, -0.1) is 11.3 Å². The van der Waals surface area contributed by atoms with Gasteiger partial charge in [0.25, 0.3) is 0 Å². The molecule has 2 heterocycles. The first-order valence-corrected chi connectivity index (χ1v) is 7.78. The molecule has 98 valence electrons. The van der Waals surface area contributed by atoms with E-state index in [4.69, 9.17) is 0 Å². The number of aryl methyl sites for hydroxylation is 1. The maximum absolute atomic E-state index is 11.9. The zero-order valence-electron chi connectivity index (χ0n) is 11.1. The maximum atomic E-state index is 11.9. The fraction of sp³-hybridized carbons (Fsp3) is 0.714. The number of carbonyl (C=O) groups is 1. The molecule has 0 aromatic carbocycles. The molecule has 18 heavy (non-hydrogen) atoms. The third kappa shape index (κ3) is 1.96. The molecule has 0 amide bonds. The molecule has 1 aromatic rings. The molecule has 0 radical (unpaired) electrons. The lowest BCUT2D eigenvalue weighted by molar-refractivity contribution is 0.0968. The third-order valence-corrected chi connectivity index (χ3v) is 5.53. The van der Waals surface area contributed by atoms with Gasteiger partial charge in [-0.3, -0.25) is 4.79 Å². The molecule has 2 unspecified atom stereocenters. The molecule has 1 saturated heterocycles. The Hall–Kier alpha value is -0.900. The Balaban J connectivity index is 1.90. The van der Waals surface area contributed by atoms with E-state index in [1.54, 1.807) is 11.3 Å². The molecule has 4 heteroatoms. The van der Waals surface area contributed by atoms with E-state index in [1.165, 1.54) is 17.7 Å². The van der Waals surface area contributed by atoms with Crippen molar-refractivity contribution in [3.63, 3.8) is 0 Å². The maximum Gasteiger partial charge on any atom is 0.186 e. The Labute approximate surface area is 112 Å². The second-order valence-electron chi connectivity index (χ2n) is 5.60. The van der Waals surface area contributed by atoms with Gasteiger partial charge < -0.3 is 4.90 Å². The number of ketones is 1. The van der Waals surface area contributed by atoms with E-state index in [9.17, 15) is 4.79 Å². The van der Waals surface area contributed by atoms with Crippen molar-refractivity contribution in [3.8, 4) is 0 Å². The first-order chi connectivity index (χ1) is 8.66. The van der Waals surface area contributed by atoms with E-state index in [2.05, 4.69) is 23.7 Å². The molecule has 1 aliphatic heterocycles. The van der Waals surface area contributed by atoms with E-state index >= 15 is 0 Å². The van der Waals surface area contributed by atoms with Crippen molar-refractivity contribution in [2.75, 3.05) is 11.4 Å². The van der Waals surface area contributed by atoms with Gasteiger partial charge in [-0.2, -0.15) is 0 Å². The number of Topliss-reactive ketones (excluding diaryl/α,β-unsaturated/α-hetero) is 1. The molecule has 3 nitrogen and oxygen atoms in total. The van der Waals surface area contributed by atoms with E-state index in [-0.39, 0.29) is 5.78 Å². The van der Waals surface area contributed by atoms with Crippen LogP contribution in [0.4, 0.5) is 5.13 Å². The van der Waals surface area contributed by atoms with Gasteiger partial charge in [0.15, 0.2) is 10.9 Å². The summed E-state index contributed by atoms with van der Waals surface area (Å²) in [5, 5.41) is 1.08. The minimum atomic E-state index is 0.247. The fourth-order valence-corrected chi connectivity index (χ4v) is 4.22. The Morgan fingerprint density at radius 2 is 2.11 bits per heavy atom. The summed E-state index contributed by atoms with van der Waals surface area (Å²) in [5.41, 5.74) is 0.770. The number of piperidine rings is 1. The molecule has 1 aromatic heterocycles. The summed E-state index contributed by atoms with van der Waals surface area (Å²) in [7, 11) is 0. The van der Waals surface area contributed by atoms with Crippen molar-refractivity contribution in [2.24, 2.45) is 5.92 Å². The minimum Gasteiger partial charge on any atom is -0.345 e. The van der Waals surface area contributed by atoms with Crippen LogP contribution in [0.15, 0.2) is 0 Å². The van der Waals surface area contributed by atoms with Gasteiger partial charge in [0.2, 0.25) is 0 Å². The summed E-state index contributed by atoms with van der Waals surface area (Å²) < 4.78 is 0. The molecule has 1 aliphatic carbocycles. The highest BCUT2D eigenvalue weighted by Crippen LogP contribution is 2.35. The molecule has 2 atom stereocenters. The monoisotopic (exact) mass is 264 g/mol. The highest BCUT2D eigenvalue weighted by atomic mass is 32.1. The molecular weight excluding hydrogens is 244 g/mol. The summed E-state index contributed by atoms with van der Waals surface area (Å²) in [5.74, 6) is 0.965. The lowest BCUT2D eigenvalue weighted by Crippen LogP contribution is -2.42. The Bertz CT molecular complexity index is 468. The average Bonchev–Trinajstić information content (AvgIpc) is 2.78. The lowest BCUT2D eigenvalue weighted by atomic mass is 9.92. The number of fused-ring (bicyclic) bond motifs is 1. The van der Waals surface area contributed by atoms with Gasteiger partial charge >= 0.3 is 0 Å². The van der Waals surface area contributed by atoms with Gasteiger partial charge in [-0.25, -0.2) is 4.98 Å². The summed E-state index contributed by atoms with van der Waals surface area (Å²) in [6.45, 7) is 5.69. The van der Waals surface area contributed by atoms with Crippen molar-refractivity contribution in [3.05, 3.63) is 10.6 Å². The predicted molar refractivity (Wildman–Crippen MR) is 74.6 cm³/mol. The number of carbonyl (C=O) groups excluding carboxylic acids is 1. The molecule has 3 rings (SSSR count). The SMILES string of the molecule is CC1CCCN(c2nc3c(s2)CCCC3=O)C1C. The summed E-state index contributed by atoms with van der Waals surface area (Å²) in [6, 6.07) is 0.543. The van der Waals surface area contributed by atoms with Crippen molar-refractivity contribution in [2.45, 2.75) is 52.0 Å². The second kappa shape index (κ2) is 4.65. The largest absolute Gasteiger partial charge is 0.345 e. The molecular formula is C14H20N2OS. The van der Waals surface area contributed by atoms with E-state index in [1.807, 2.05) is 0 Å². The van der Waals surface area contributed by atoms with Gasteiger partial charge in [0, 0.05) is 23.9 Å². The van der Waals surface area contributed by atoms with Crippen LogP contribution in [-0.2, 0) is 6.42 Å². The van der Waals surface area contributed by atoms with Gasteiger partial charge in [-0.1, -0.05) is 6.92 Å². The standard InChI is InChI=1S/C14H20N2OS/c1-9-5-4-8-16(10(9)2)14-15-13-11(17)6-3-7-12(13)18-14/h9-10H,3-8H2,1-2H3. The van der Waals surface area contributed by atoms with Crippen LogP contribution in [0.25, 0.3) is 0 Å². The predicted octanol–water partition coefficient (Wildman–Crippen LogP) is 3.29. The summed E-state index contributed by atoms with van der Waals surface area (Å²) in [6.07, 6.45) is 5.27. The Morgan fingerprint density at radius 3 is 2.89 bits per heavy atom. The zero-order chi connectivity index (χ0) is 12.7. The smallest absolute Gasteiger partial charge is 0.186 e. The van der Waals surface area contributed by atoms with Crippen LogP contribution in [0.3, 0.4) is 0 Å². The number of nitrogens with zero attached hydrogens (tertiary/aromatic N) is 2. The van der Waals surface area contributed by atoms with Gasteiger partial charge in [0.05, 0.1) is 0 Å². The molecule has 0 N–H and O–H groups in total. The van der Waals surface area contributed by atoms with Crippen LogP contribution in [0.1, 0.15) is 54.9 Å². The number of aromatic nitrogens is 1. The highest BCUT2D eigenvalue weighted by molar-refractivity contribution is 7.16. The van der Waals surface area contributed by atoms with Crippen LogP contribution in [-0.4, -0.2) is 23.4 Å². The molecule has 0 spiro atoms. The summed E-state index contributed by atoms with van der Waals surface area (Å²) in [4.78, 5) is 20.1. The number of anilines is 1. The Kier molecular flexibility index (Phi) is 3.14. The van der Waals surface area contributed by atoms with Crippen LogP contribution in [0, 0.1) is 5.92 Å². The number of thiazole rings is 1. The van der Waals surface area contributed by atoms with Crippen molar-refractivity contribution in [1.29, 1.82) is 0 Å². The summed E-state index contributed by atoms with van der Waals surface area (Å²) >= 11 is 1.75. The highest BCUT2D eigenvalue weighted by Gasteiger charge is 2.29.